The Morgan fingerprint density at radius 2 is 1.50 bits per heavy atom. The van der Waals surface area contributed by atoms with E-state index in [1.54, 1.807) is 0 Å². The number of piperazine rings is 1. The van der Waals surface area contributed by atoms with Gasteiger partial charge in [-0.3, -0.25) is 4.90 Å². The molecule has 0 saturated carbocycles. The minimum atomic E-state index is 0.518. The molecule has 1 heterocycles. The largest absolute Gasteiger partial charge is 0.487 e. The summed E-state index contributed by atoms with van der Waals surface area (Å²) in [6, 6.07) is 23.2. The number of hydrogen-bond donors (Lipinski definition) is 0. The topological polar surface area (TPSA) is 15.7 Å². The fourth-order valence-electron chi connectivity index (χ4n) is 3.79. The summed E-state index contributed by atoms with van der Waals surface area (Å²) in [7, 11) is 0. The lowest BCUT2D eigenvalue weighted by Gasteiger charge is -2.36. The third-order valence-electron chi connectivity index (χ3n) is 5.66. The monoisotopic (exact) mass is 572 g/mol. The van der Waals surface area contributed by atoms with E-state index in [0.29, 0.717) is 6.61 Å². The molecule has 3 aromatic rings. The van der Waals surface area contributed by atoms with Crippen LogP contribution in [-0.4, -0.2) is 41.0 Å². The van der Waals surface area contributed by atoms with Gasteiger partial charge in [0.25, 0.3) is 0 Å². The number of benzene rings is 3. The Hall–Kier alpha value is -1.73. The Balaban J connectivity index is 1.36. The first-order valence-electron chi connectivity index (χ1n) is 10.7. The molecule has 0 radical (unpaired) electrons. The van der Waals surface area contributed by atoms with E-state index in [0.717, 1.165) is 63.5 Å². The van der Waals surface area contributed by atoms with Crippen LogP contribution in [0.2, 0.25) is 0 Å². The van der Waals surface area contributed by atoms with Crippen LogP contribution in [0, 0.1) is 6.92 Å². The van der Waals surface area contributed by atoms with Crippen molar-refractivity contribution in [2.45, 2.75) is 20.1 Å². The van der Waals surface area contributed by atoms with E-state index in [1.165, 1.54) is 11.1 Å². The second kappa shape index (κ2) is 10.9. The highest BCUT2D eigenvalue weighted by Gasteiger charge is 2.21. The molecule has 1 aliphatic rings. The van der Waals surface area contributed by atoms with Crippen LogP contribution in [0.3, 0.4) is 0 Å². The van der Waals surface area contributed by atoms with Gasteiger partial charge in [0.2, 0.25) is 0 Å². The number of thiocarbonyl (C=S) groups is 1. The number of hydrogen-bond acceptors (Lipinski definition) is 3. The average Bonchev–Trinajstić information content (AvgIpc) is 2.80. The lowest BCUT2D eigenvalue weighted by atomic mass is 10.1. The molecule has 4 rings (SSSR count). The third-order valence-corrected chi connectivity index (χ3v) is 7.33. The van der Waals surface area contributed by atoms with Gasteiger partial charge in [-0.05, 0) is 62.0 Å². The zero-order valence-corrected chi connectivity index (χ0v) is 22.0. The van der Waals surface area contributed by atoms with E-state index in [1.807, 2.05) is 0 Å². The fraction of sp³-hybridized carbons (Fsp3) is 0.269. The summed E-state index contributed by atoms with van der Waals surface area (Å²) < 4.78 is 7.89. The van der Waals surface area contributed by atoms with E-state index >= 15 is 0 Å². The van der Waals surface area contributed by atoms with E-state index < -0.39 is 0 Å². The highest BCUT2D eigenvalue weighted by Crippen LogP contribution is 2.36. The maximum Gasteiger partial charge on any atom is 0.148 e. The molecule has 32 heavy (non-hydrogen) atoms. The molecule has 0 amide bonds. The van der Waals surface area contributed by atoms with Gasteiger partial charge in [-0.25, -0.2) is 0 Å². The average molecular weight is 574 g/mol. The van der Waals surface area contributed by atoms with Crippen LogP contribution in [0.15, 0.2) is 75.7 Å². The SMILES string of the molecule is Cc1ccc(COc2c(Br)cc(C(=S)N3CCN(Cc4ccccc4)CC3)cc2Br)cc1. The summed E-state index contributed by atoms with van der Waals surface area (Å²) in [6.45, 7) is 7.49. The Bertz CT molecular complexity index is 1040. The van der Waals surface area contributed by atoms with Crippen molar-refractivity contribution in [3.8, 4) is 5.75 Å². The van der Waals surface area contributed by atoms with Crippen molar-refractivity contribution in [1.29, 1.82) is 0 Å². The predicted molar refractivity (Wildman–Crippen MR) is 142 cm³/mol. The summed E-state index contributed by atoms with van der Waals surface area (Å²) in [5.74, 6) is 0.796. The number of halogens is 2. The maximum atomic E-state index is 6.09. The molecular formula is C26H26Br2N2OS. The van der Waals surface area contributed by atoms with Gasteiger partial charge in [-0.1, -0.05) is 72.4 Å². The number of aryl methyl sites for hydroxylation is 1. The Morgan fingerprint density at radius 1 is 0.875 bits per heavy atom. The maximum absolute atomic E-state index is 6.09. The van der Waals surface area contributed by atoms with Crippen LogP contribution >= 0.6 is 44.1 Å². The summed E-state index contributed by atoms with van der Waals surface area (Å²) in [5, 5.41) is 0. The van der Waals surface area contributed by atoms with E-state index in [4.69, 9.17) is 17.0 Å². The van der Waals surface area contributed by atoms with Gasteiger partial charge in [0.1, 0.15) is 17.3 Å². The molecule has 0 N–H and O–H groups in total. The standard InChI is InChI=1S/C26H26Br2N2OS/c1-19-7-9-21(10-8-19)18-31-25-23(27)15-22(16-24(25)28)26(32)30-13-11-29(12-14-30)17-20-5-3-2-4-6-20/h2-10,15-16H,11-14,17-18H2,1H3. The van der Waals surface area contributed by atoms with Crippen molar-refractivity contribution in [2.75, 3.05) is 26.2 Å². The first-order valence-corrected chi connectivity index (χ1v) is 12.7. The van der Waals surface area contributed by atoms with Crippen LogP contribution in [0.1, 0.15) is 22.3 Å². The van der Waals surface area contributed by atoms with E-state index in [2.05, 4.69) is 115 Å². The highest BCUT2D eigenvalue weighted by atomic mass is 79.9. The zero-order chi connectivity index (χ0) is 22.5. The molecule has 1 fully saturated rings. The molecule has 0 spiro atoms. The van der Waals surface area contributed by atoms with E-state index in [9.17, 15) is 0 Å². The molecule has 0 aliphatic carbocycles. The van der Waals surface area contributed by atoms with Crippen LogP contribution in [-0.2, 0) is 13.2 Å². The summed E-state index contributed by atoms with van der Waals surface area (Å²) in [4.78, 5) is 5.68. The first kappa shape index (κ1) is 23.4. The summed E-state index contributed by atoms with van der Waals surface area (Å²) in [5.41, 5.74) is 4.77. The molecule has 0 atom stereocenters. The van der Waals surface area contributed by atoms with Gasteiger partial charge >= 0.3 is 0 Å². The number of ether oxygens (including phenoxy) is 1. The molecule has 0 unspecified atom stereocenters. The minimum absolute atomic E-state index is 0.518. The molecule has 1 aliphatic heterocycles. The lowest BCUT2D eigenvalue weighted by molar-refractivity contribution is 0.177. The summed E-state index contributed by atoms with van der Waals surface area (Å²) in [6.07, 6.45) is 0. The molecule has 0 bridgehead atoms. The Labute approximate surface area is 212 Å². The van der Waals surface area contributed by atoms with Gasteiger partial charge in [0.15, 0.2) is 0 Å². The van der Waals surface area contributed by atoms with Crippen molar-refractivity contribution >= 4 is 49.1 Å². The van der Waals surface area contributed by atoms with Crippen LogP contribution in [0.4, 0.5) is 0 Å². The fourth-order valence-corrected chi connectivity index (χ4v) is 5.51. The number of rotatable bonds is 6. The smallest absolute Gasteiger partial charge is 0.148 e. The molecule has 3 nitrogen and oxygen atoms in total. The predicted octanol–water partition coefficient (Wildman–Crippen LogP) is 6.59. The second-order valence-electron chi connectivity index (χ2n) is 8.10. The molecule has 1 saturated heterocycles. The number of nitrogens with zero attached hydrogens (tertiary/aromatic N) is 2. The van der Waals surface area contributed by atoms with Crippen LogP contribution < -0.4 is 4.74 Å². The van der Waals surface area contributed by atoms with Crippen molar-refractivity contribution in [3.05, 3.63) is 97.9 Å². The van der Waals surface area contributed by atoms with Crippen molar-refractivity contribution < 1.29 is 4.74 Å². The van der Waals surface area contributed by atoms with Crippen LogP contribution in [0.5, 0.6) is 5.75 Å². The van der Waals surface area contributed by atoms with Crippen molar-refractivity contribution in [1.82, 2.24) is 9.80 Å². The highest BCUT2D eigenvalue weighted by molar-refractivity contribution is 9.11. The Kier molecular flexibility index (Phi) is 8.00. The molecule has 166 valence electrons. The van der Waals surface area contributed by atoms with Crippen molar-refractivity contribution in [2.24, 2.45) is 0 Å². The first-order chi connectivity index (χ1) is 15.5. The second-order valence-corrected chi connectivity index (χ2v) is 10.2. The van der Waals surface area contributed by atoms with Gasteiger partial charge in [-0.2, -0.15) is 0 Å². The van der Waals surface area contributed by atoms with E-state index in [-0.39, 0.29) is 0 Å². The molecule has 3 aromatic carbocycles. The third kappa shape index (κ3) is 5.98. The molecule has 0 aromatic heterocycles. The Morgan fingerprint density at radius 3 is 2.12 bits per heavy atom. The van der Waals surface area contributed by atoms with Gasteiger partial charge in [0.05, 0.1) is 8.95 Å². The van der Waals surface area contributed by atoms with Crippen LogP contribution in [0.25, 0.3) is 0 Å². The zero-order valence-electron chi connectivity index (χ0n) is 18.1. The quantitative estimate of drug-likeness (QED) is 0.309. The molecule has 6 heteroatoms. The minimum Gasteiger partial charge on any atom is -0.487 e. The van der Waals surface area contributed by atoms with Gasteiger partial charge in [-0.15, -0.1) is 0 Å². The van der Waals surface area contributed by atoms with Crippen molar-refractivity contribution in [3.63, 3.8) is 0 Å². The summed E-state index contributed by atoms with van der Waals surface area (Å²) >= 11 is 13.2. The van der Waals surface area contributed by atoms with Gasteiger partial charge in [0, 0.05) is 38.3 Å². The molecular weight excluding hydrogens is 548 g/mol. The lowest BCUT2D eigenvalue weighted by Crippen LogP contribution is -2.48. The normalized spacial score (nSPS) is 14.4. The van der Waals surface area contributed by atoms with Gasteiger partial charge < -0.3 is 9.64 Å².